The van der Waals surface area contributed by atoms with Crippen LogP contribution in [0.5, 0.6) is 0 Å². The molecule has 0 radical (unpaired) electrons. The molecule has 1 N–H and O–H groups in total. The first-order chi connectivity index (χ1) is 12.5. The molecule has 0 unspecified atom stereocenters. The van der Waals surface area contributed by atoms with Crippen molar-refractivity contribution in [2.75, 3.05) is 11.1 Å². The second-order valence-electron chi connectivity index (χ2n) is 5.78. The molecule has 0 aromatic carbocycles. The normalized spacial score (nSPS) is 14.2. The van der Waals surface area contributed by atoms with Crippen molar-refractivity contribution in [3.8, 4) is 0 Å². The van der Waals surface area contributed by atoms with Crippen molar-refractivity contribution in [3.05, 3.63) is 44.2 Å². The zero-order valence-corrected chi connectivity index (χ0v) is 19.3. The minimum Gasteiger partial charge on any atom is -0.296 e. The molecule has 0 fully saturated rings. The Balaban J connectivity index is 1.84. The van der Waals surface area contributed by atoms with Gasteiger partial charge in [-0.1, -0.05) is 15.0 Å². The van der Waals surface area contributed by atoms with Gasteiger partial charge in [0, 0.05) is 39.1 Å². The molecular weight excluding hydrogens is 499 g/mol. The van der Waals surface area contributed by atoms with Crippen LogP contribution in [-0.2, 0) is 17.8 Å². The number of aryl methyl sites for hydroxylation is 2. The molecule has 1 aliphatic rings. The molecule has 5 nitrogen and oxygen atoms in total. The summed E-state index contributed by atoms with van der Waals surface area (Å²) in [5, 5.41) is 14.1. The number of amides is 1. The summed E-state index contributed by atoms with van der Waals surface area (Å²) in [5.74, 6) is 0.807. The number of carbonyl (C=O) groups is 1. The minimum absolute atomic E-state index is 0.207. The quantitative estimate of drug-likeness (QED) is 0.533. The maximum absolute atomic E-state index is 12.9. The third-order valence-electron chi connectivity index (χ3n) is 4.13. The first-order valence-electron chi connectivity index (χ1n) is 8.09. The van der Waals surface area contributed by atoms with Crippen molar-refractivity contribution >= 4 is 69.6 Å². The highest BCUT2D eigenvalue weighted by Crippen LogP contribution is 2.30. The summed E-state index contributed by atoms with van der Waals surface area (Å²) in [4.78, 5) is 18.6. The van der Waals surface area contributed by atoms with E-state index in [2.05, 4.69) is 43.5 Å². The van der Waals surface area contributed by atoms with Gasteiger partial charge in [0.05, 0.1) is 12.2 Å². The maximum atomic E-state index is 12.9. The Bertz CT molecular complexity index is 871. The predicted molar refractivity (Wildman–Crippen MR) is 121 cm³/mol. The largest absolute Gasteiger partial charge is 0.296 e. The lowest BCUT2D eigenvalue weighted by Gasteiger charge is -2.26. The summed E-state index contributed by atoms with van der Waals surface area (Å²) < 4.78 is 0. The number of hydrogen-bond acceptors (Lipinski definition) is 7. The van der Waals surface area contributed by atoms with Gasteiger partial charge in [-0.15, -0.1) is 22.7 Å². The molecule has 0 saturated carbocycles. The summed E-state index contributed by atoms with van der Waals surface area (Å²) in [7, 11) is 1.76. The number of hydrazone groups is 1. The highest BCUT2D eigenvalue weighted by atomic mass is 127. The summed E-state index contributed by atoms with van der Waals surface area (Å²) in [6.07, 6.45) is 2.91. The lowest BCUT2D eigenvalue weighted by Crippen LogP contribution is -2.32. The number of rotatable bonds is 6. The Morgan fingerprint density at radius 3 is 3.00 bits per heavy atom. The number of allylic oxidation sites excluding steroid dienone is 2. The highest BCUT2D eigenvalue weighted by molar-refractivity contribution is 14.2. The molecule has 2 aromatic heterocycles. The number of halogens is 1. The molecule has 138 valence electrons. The SMILES string of the molecule is C/C=C(\C)N1Cc2c(csc2C)C(C(=O)Nc2nc(CCSI)cs2)=N1. The molecule has 3 rings (SSSR count). The second-order valence-corrected chi connectivity index (χ2v) is 10.2. The van der Waals surface area contributed by atoms with Crippen LogP contribution in [0, 0.1) is 6.92 Å². The molecule has 0 bridgehead atoms. The van der Waals surface area contributed by atoms with E-state index in [9.17, 15) is 4.79 Å². The zero-order chi connectivity index (χ0) is 18.7. The smallest absolute Gasteiger partial charge is 0.278 e. The first-order valence-corrected chi connectivity index (χ1v) is 13.4. The number of nitrogens with zero attached hydrogens (tertiary/aromatic N) is 3. The molecule has 3 heterocycles. The van der Waals surface area contributed by atoms with Gasteiger partial charge < -0.3 is 0 Å². The zero-order valence-electron chi connectivity index (χ0n) is 14.7. The van der Waals surface area contributed by atoms with Crippen LogP contribution in [0.2, 0.25) is 0 Å². The molecule has 0 aliphatic carbocycles. The van der Waals surface area contributed by atoms with Crippen molar-refractivity contribution in [2.45, 2.75) is 33.7 Å². The Labute approximate surface area is 177 Å². The lowest BCUT2D eigenvalue weighted by atomic mass is 10.0. The third-order valence-corrected chi connectivity index (χ3v) is 7.57. The lowest BCUT2D eigenvalue weighted by molar-refractivity contribution is -0.110. The topological polar surface area (TPSA) is 57.6 Å². The Kier molecular flexibility index (Phi) is 6.76. The Morgan fingerprint density at radius 1 is 1.46 bits per heavy atom. The average Bonchev–Trinajstić information content (AvgIpc) is 3.25. The van der Waals surface area contributed by atoms with Gasteiger partial charge in [0.25, 0.3) is 5.91 Å². The number of anilines is 1. The van der Waals surface area contributed by atoms with Crippen LogP contribution in [0.1, 0.15) is 35.5 Å². The van der Waals surface area contributed by atoms with E-state index in [1.54, 1.807) is 20.3 Å². The highest BCUT2D eigenvalue weighted by Gasteiger charge is 2.27. The van der Waals surface area contributed by atoms with E-state index in [0.29, 0.717) is 17.4 Å². The molecular formula is C17H19IN4OS3. The van der Waals surface area contributed by atoms with E-state index < -0.39 is 0 Å². The first kappa shape index (κ1) is 19.8. The number of hydrogen-bond donors (Lipinski definition) is 1. The fraction of sp³-hybridized carbons (Fsp3) is 0.353. The van der Waals surface area contributed by atoms with Crippen LogP contribution >= 0.6 is 52.8 Å². The van der Waals surface area contributed by atoms with Crippen LogP contribution < -0.4 is 5.32 Å². The van der Waals surface area contributed by atoms with E-state index in [1.807, 2.05) is 35.7 Å². The molecule has 0 saturated heterocycles. The molecule has 0 atom stereocenters. The number of fused-ring (bicyclic) bond motifs is 1. The summed E-state index contributed by atoms with van der Waals surface area (Å²) in [5.41, 5.74) is 4.60. The van der Waals surface area contributed by atoms with Crippen molar-refractivity contribution < 1.29 is 4.79 Å². The summed E-state index contributed by atoms with van der Waals surface area (Å²) in [6.45, 7) is 6.77. The van der Waals surface area contributed by atoms with Crippen molar-refractivity contribution in [1.82, 2.24) is 9.99 Å². The molecule has 0 spiro atoms. The van der Waals surface area contributed by atoms with Crippen LogP contribution in [0.4, 0.5) is 5.13 Å². The van der Waals surface area contributed by atoms with E-state index in [0.717, 1.165) is 29.1 Å². The van der Waals surface area contributed by atoms with Crippen molar-refractivity contribution in [1.29, 1.82) is 0 Å². The number of aromatic nitrogens is 1. The molecule has 26 heavy (non-hydrogen) atoms. The number of thiophene rings is 1. The van der Waals surface area contributed by atoms with Gasteiger partial charge in [0.1, 0.15) is 0 Å². The van der Waals surface area contributed by atoms with Crippen LogP contribution in [-0.4, -0.2) is 27.4 Å². The van der Waals surface area contributed by atoms with Gasteiger partial charge >= 0.3 is 0 Å². The van der Waals surface area contributed by atoms with Gasteiger partial charge in [-0.3, -0.25) is 15.1 Å². The molecule has 1 amide bonds. The van der Waals surface area contributed by atoms with Gasteiger partial charge in [-0.25, -0.2) is 4.98 Å². The Hall–Kier alpha value is -0.910. The molecule has 1 aliphatic heterocycles. The van der Waals surface area contributed by atoms with E-state index in [-0.39, 0.29) is 5.91 Å². The summed E-state index contributed by atoms with van der Waals surface area (Å²) >= 11 is 5.40. The average molecular weight is 518 g/mol. The van der Waals surface area contributed by atoms with Crippen LogP contribution in [0.3, 0.4) is 0 Å². The Morgan fingerprint density at radius 2 is 2.27 bits per heavy atom. The van der Waals surface area contributed by atoms with E-state index in [4.69, 9.17) is 0 Å². The standard InChI is InChI=1S/C17H19IN4OS3/c1-4-10(2)22-7-13-11(3)24-9-14(13)15(21-22)16(23)20-17-19-12(8-25-17)5-6-26-18/h4,8-9H,5-7H2,1-3H3,(H,19,20,23)/b10-4+. The minimum atomic E-state index is -0.207. The number of carbonyl (C=O) groups excluding carboxylic acids is 1. The van der Waals surface area contributed by atoms with E-state index >= 15 is 0 Å². The predicted octanol–water partition coefficient (Wildman–Crippen LogP) is 5.22. The van der Waals surface area contributed by atoms with Gasteiger partial charge in [-0.05, 0) is 47.5 Å². The summed E-state index contributed by atoms with van der Waals surface area (Å²) in [6, 6.07) is 0. The molecule has 9 heteroatoms. The molecule has 2 aromatic rings. The number of nitrogens with one attached hydrogen (secondary N) is 1. The van der Waals surface area contributed by atoms with Crippen molar-refractivity contribution in [3.63, 3.8) is 0 Å². The van der Waals surface area contributed by atoms with Crippen molar-refractivity contribution in [2.24, 2.45) is 5.10 Å². The third kappa shape index (κ3) is 4.32. The second kappa shape index (κ2) is 8.85. The maximum Gasteiger partial charge on any atom is 0.278 e. The van der Waals surface area contributed by atoms with Crippen LogP contribution in [0.25, 0.3) is 0 Å². The van der Waals surface area contributed by atoms with Gasteiger partial charge in [-0.2, -0.15) is 5.10 Å². The van der Waals surface area contributed by atoms with Gasteiger partial charge in [0.2, 0.25) is 0 Å². The number of thiazole rings is 1. The van der Waals surface area contributed by atoms with E-state index in [1.165, 1.54) is 21.8 Å². The fourth-order valence-electron chi connectivity index (χ4n) is 2.53. The fourth-order valence-corrected chi connectivity index (χ4v) is 5.09. The monoisotopic (exact) mass is 518 g/mol. The van der Waals surface area contributed by atoms with Crippen LogP contribution in [0.15, 0.2) is 27.6 Å². The van der Waals surface area contributed by atoms with Gasteiger partial charge in [0.15, 0.2) is 10.8 Å².